The second-order valence-electron chi connectivity index (χ2n) is 4.73. The zero-order valence-electron chi connectivity index (χ0n) is 11.4. The highest BCUT2D eigenvalue weighted by molar-refractivity contribution is 5.30. The van der Waals surface area contributed by atoms with E-state index in [2.05, 4.69) is 0 Å². The molecule has 0 amide bonds. The van der Waals surface area contributed by atoms with Crippen molar-refractivity contribution in [2.75, 3.05) is 0 Å². The molecule has 112 valence electrons. The summed E-state index contributed by atoms with van der Waals surface area (Å²) >= 11 is 0. The largest absolute Gasteiger partial charge is 0.489 e. The van der Waals surface area contributed by atoms with Gasteiger partial charge in [0.1, 0.15) is 12.4 Å². The van der Waals surface area contributed by atoms with Gasteiger partial charge in [0.15, 0.2) is 0 Å². The average Bonchev–Trinajstić information content (AvgIpc) is 2.45. The van der Waals surface area contributed by atoms with E-state index in [9.17, 15) is 18.3 Å². The lowest BCUT2D eigenvalue weighted by Crippen LogP contribution is -2.05. The van der Waals surface area contributed by atoms with Gasteiger partial charge in [0.2, 0.25) is 0 Å². The average molecular weight is 296 g/mol. The number of ether oxygens (including phenoxy) is 1. The van der Waals surface area contributed by atoms with Gasteiger partial charge in [-0.25, -0.2) is 0 Å². The minimum Gasteiger partial charge on any atom is -0.489 e. The number of benzene rings is 2. The highest BCUT2D eigenvalue weighted by Crippen LogP contribution is 2.29. The van der Waals surface area contributed by atoms with Crippen molar-refractivity contribution in [3.05, 3.63) is 65.2 Å². The second-order valence-corrected chi connectivity index (χ2v) is 4.73. The molecule has 21 heavy (non-hydrogen) atoms. The quantitative estimate of drug-likeness (QED) is 0.909. The molecule has 2 rings (SSSR count). The molecule has 0 aliphatic carbocycles. The summed E-state index contributed by atoms with van der Waals surface area (Å²) in [6.07, 6.45) is -4.93. The summed E-state index contributed by atoms with van der Waals surface area (Å²) in [7, 11) is 0. The van der Waals surface area contributed by atoms with Crippen molar-refractivity contribution in [3.8, 4) is 5.75 Å². The van der Waals surface area contributed by atoms with Gasteiger partial charge in [-0.3, -0.25) is 0 Å². The van der Waals surface area contributed by atoms with Crippen LogP contribution in [0.3, 0.4) is 0 Å². The fraction of sp³-hybridized carbons (Fsp3) is 0.250. The van der Waals surface area contributed by atoms with Gasteiger partial charge in [-0.15, -0.1) is 0 Å². The summed E-state index contributed by atoms with van der Waals surface area (Å²) in [5.41, 5.74) is 0.688. The maximum atomic E-state index is 12.4. The van der Waals surface area contributed by atoms with Crippen molar-refractivity contribution in [3.63, 3.8) is 0 Å². The van der Waals surface area contributed by atoms with Crippen molar-refractivity contribution < 1.29 is 23.0 Å². The predicted octanol–water partition coefficient (Wildman–Crippen LogP) is 4.34. The third-order valence-electron chi connectivity index (χ3n) is 3.03. The second kappa shape index (κ2) is 6.18. The Labute approximate surface area is 120 Å². The number of hydrogen-bond acceptors (Lipinski definition) is 2. The standard InChI is InChI=1S/C16H15F3O2/c1-11(20)13-3-2-4-15(9-13)21-10-12-5-7-14(8-6-12)16(17,18)19/h2-9,11,20H,10H2,1H3/t11-/m1/s1. The molecule has 2 aromatic rings. The van der Waals surface area contributed by atoms with E-state index >= 15 is 0 Å². The fourth-order valence-electron chi connectivity index (χ4n) is 1.82. The van der Waals surface area contributed by atoms with Crippen LogP contribution in [0.1, 0.15) is 29.7 Å². The smallest absolute Gasteiger partial charge is 0.416 e. The molecule has 5 heteroatoms. The molecule has 1 N–H and O–H groups in total. The Morgan fingerprint density at radius 2 is 1.76 bits per heavy atom. The Kier molecular flexibility index (Phi) is 4.53. The first-order valence-electron chi connectivity index (χ1n) is 6.43. The Morgan fingerprint density at radius 3 is 2.33 bits per heavy atom. The summed E-state index contributed by atoms with van der Waals surface area (Å²) in [6.45, 7) is 1.82. The maximum Gasteiger partial charge on any atom is 0.416 e. The van der Waals surface area contributed by atoms with Gasteiger partial charge in [0.05, 0.1) is 11.7 Å². The summed E-state index contributed by atoms with van der Waals surface area (Å²) in [5.74, 6) is 0.563. The molecule has 0 saturated carbocycles. The Morgan fingerprint density at radius 1 is 1.10 bits per heavy atom. The van der Waals surface area contributed by atoms with Gasteiger partial charge in [0, 0.05) is 0 Å². The van der Waals surface area contributed by atoms with Gasteiger partial charge in [-0.2, -0.15) is 13.2 Å². The Bertz CT molecular complexity index is 589. The molecule has 0 aromatic heterocycles. The molecule has 1 atom stereocenters. The lowest BCUT2D eigenvalue weighted by molar-refractivity contribution is -0.137. The number of hydrogen-bond donors (Lipinski definition) is 1. The van der Waals surface area contributed by atoms with Crippen LogP contribution in [0.2, 0.25) is 0 Å². The van der Waals surface area contributed by atoms with E-state index < -0.39 is 17.8 Å². The maximum absolute atomic E-state index is 12.4. The van der Waals surface area contributed by atoms with Crippen LogP contribution in [0.25, 0.3) is 0 Å². The third kappa shape index (κ3) is 4.23. The van der Waals surface area contributed by atoms with Crippen LogP contribution in [-0.2, 0) is 12.8 Å². The van der Waals surface area contributed by atoms with E-state index in [1.165, 1.54) is 12.1 Å². The molecule has 0 heterocycles. The number of aliphatic hydroxyl groups is 1. The molecule has 0 unspecified atom stereocenters. The molecule has 2 nitrogen and oxygen atoms in total. The highest BCUT2D eigenvalue weighted by Gasteiger charge is 2.29. The van der Waals surface area contributed by atoms with Crippen molar-refractivity contribution in [1.29, 1.82) is 0 Å². The number of alkyl halides is 3. The zero-order chi connectivity index (χ0) is 15.5. The summed E-state index contributed by atoms with van der Waals surface area (Å²) in [4.78, 5) is 0. The van der Waals surface area contributed by atoms with Crippen LogP contribution in [0, 0.1) is 0 Å². The lowest BCUT2D eigenvalue weighted by Gasteiger charge is -2.11. The Hall–Kier alpha value is -2.01. The molecular weight excluding hydrogens is 281 g/mol. The van der Waals surface area contributed by atoms with Crippen LogP contribution in [0.4, 0.5) is 13.2 Å². The SMILES string of the molecule is C[C@@H](O)c1cccc(OCc2ccc(C(F)(F)F)cc2)c1. The van der Waals surface area contributed by atoms with E-state index in [0.717, 1.165) is 17.7 Å². The third-order valence-corrected chi connectivity index (χ3v) is 3.03. The molecule has 0 bridgehead atoms. The molecule has 0 radical (unpaired) electrons. The van der Waals surface area contributed by atoms with Crippen LogP contribution < -0.4 is 4.74 Å². The van der Waals surface area contributed by atoms with E-state index in [-0.39, 0.29) is 6.61 Å². The molecule has 0 aliphatic rings. The van der Waals surface area contributed by atoms with Crippen LogP contribution >= 0.6 is 0 Å². The first-order valence-corrected chi connectivity index (χ1v) is 6.43. The van der Waals surface area contributed by atoms with Crippen molar-refractivity contribution >= 4 is 0 Å². The fourth-order valence-corrected chi connectivity index (χ4v) is 1.82. The monoisotopic (exact) mass is 296 g/mol. The van der Waals surface area contributed by atoms with Crippen molar-refractivity contribution in [2.24, 2.45) is 0 Å². The molecular formula is C16H15F3O2. The summed E-state index contributed by atoms with van der Waals surface area (Å²) < 4.78 is 42.8. The van der Waals surface area contributed by atoms with Crippen LogP contribution in [0.15, 0.2) is 48.5 Å². The molecule has 0 spiro atoms. The van der Waals surface area contributed by atoms with Crippen molar-refractivity contribution in [2.45, 2.75) is 25.8 Å². The predicted molar refractivity (Wildman–Crippen MR) is 72.9 cm³/mol. The minimum absolute atomic E-state index is 0.168. The van der Waals surface area contributed by atoms with Crippen LogP contribution in [-0.4, -0.2) is 5.11 Å². The van der Waals surface area contributed by atoms with Gasteiger partial charge in [0.25, 0.3) is 0 Å². The number of aliphatic hydroxyl groups excluding tert-OH is 1. The van der Waals surface area contributed by atoms with Crippen LogP contribution in [0.5, 0.6) is 5.75 Å². The normalized spacial score (nSPS) is 13.0. The molecule has 0 aliphatic heterocycles. The number of rotatable bonds is 4. The first kappa shape index (κ1) is 15.4. The minimum atomic E-state index is -4.33. The van der Waals surface area contributed by atoms with Gasteiger partial charge < -0.3 is 9.84 Å². The van der Waals surface area contributed by atoms with E-state index in [1.807, 2.05) is 0 Å². The van der Waals surface area contributed by atoms with Gasteiger partial charge in [-0.1, -0.05) is 24.3 Å². The topological polar surface area (TPSA) is 29.5 Å². The van der Waals surface area contributed by atoms with E-state index in [4.69, 9.17) is 4.74 Å². The van der Waals surface area contributed by atoms with Crippen molar-refractivity contribution in [1.82, 2.24) is 0 Å². The van der Waals surface area contributed by atoms with Gasteiger partial charge in [-0.05, 0) is 42.3 Å². The number of halogens is 3. The highest BCUT2D eigenvalue weighted by atomic mass is 19.4. The van der Waals surface area contributed by atoms with E-state index in [1.54, 1.807) is 31.2 Å². The Balaban J connectivity index is 2.01. The molecule has 2 aromatic carbocycles. The zero-order valence-corrected chi connectivity index (χ0v) is 11.4. The van der Waals surface area contributed by atoms with Gasteiger partial charge >= 0.3 is 6.18 Å². The molecule has 0 fully saturated rings. The first-order chi connectivity index (χ1) is 9.86. The summed E-state index contributed by atoms with van der Waals surface area (Å²) in [5, 5.41) is 9.48. The van der Waals surface area contributed by atoms with E-state index in [0.29, 0.717) is 11.3 Å². The summed E-state index contributed by atoms with van der Waals surface area (Å²) in [6, 6.07) is 11.8. The lowest BCUT2D eigenvalue weighted by atomic mass is 10.1. The molecule has 0 saturated heterocycles.